The molecular weight excluding hydrogens is 318 g/mol. The zero-order valence-corrected chi connectivity index (χ0v) is 15.3. The number of urea groups is 1. The van der Waals surface area contributed by atoms with Gasteiger partial charge >= 0.3 is 6.03 Å². The lowest BCUT2D eigenvalue weighted by molar-refractivity contribution is 0.244. The van der Waals surface area contributed by atoms with Gasteiger partial charge in [0.15, 0.2) is 5.82 Å². The Morgan fingerprint density at radius 1 is 1.20 bits per heavy atom. The van der Waals surface area contributed by atoms with Crippen LogP contribution in [0.1, 0.15) is 22.9 Å². The summed E-state index contributed by atoms with van der Waals surface area (Å²) in [7, 11) is 5.55. The molecule has 0 fully saturated rings. The summed E-state index contributed by atoms with van der Waals surface area (Å²) >= 11 is 0. The van der Waals surface area contributed by atoms with Crippen molar-refractivity contribution in [2.24, 2.45) is 0 Å². The van der Waals surface area contributed by atoms with E-state index in [0.29, 0.717) is 12.4 Å². The summed E-state index contributed by atoms with van der Waals surface area (Å²) in [6.45, 7) is 4.47. The van der Waals surface area contributed by atoms with Crippen molar-refractivity contribution in [3.05, 3.63) is 47.2 Å². The Morgan fingerprint density at radius 3 is 2.44 bits per heavy atom. The highest BCUT2D eigenvalue weighted by Crippen LogP contribution is 2.18. The van der Waals surface area contributed by atoms with Gasteiger partial charge in [0.05, 0.1) is 18.8 Å². The molecular formula is C18H25N5O2. The molecule has 25 heavy (non-hydrogen) atoms. The quantitative estimate of drug-likeness (QED) is 0.842. The summed E-state index contributed by atoms with van der Waals surface area (Å²) in [4.78, 5) is 14.4. The SMILES string of the molecule is COc1ccc([C@H](CN(C)C)NC(=O)Nc2cc(C)c(C)nn2)cc1. The molecule has 0 saturated carbocycles. The van der Waals surface area contributed by atoms with Crippen LogP contribution in [-0.4, -0.2) is 48.9 Å². The van der Waals surface area contributed by atoms with E-state index in [1.54, 1.807) is 13.2 Å². The third-order valence-corrected chi connectivity index (χ3v) is 3.84. The summed E-state index contributed by atoms with van der Waals surface area (Å²) in [5, 5.41) is 13.7. The highest BCUT2D eigenvalue weighted by atomic mass is 16.5. The molecule has 1 aromatic carbocycles. The molecule has 2 rings (SSSR count). The van der Waals surface area contributed by atoms with Gasteiger partial charge in [-0.15, -0.1) is 5.10 Å². The van der Waals surface area contributed by atoms with Crippen LogP contribution in [0.2, 0.25) is 0 Å². The molecule has 0 aliphatic heterocycles. The van der Waals surface area contributed by atoms with Crippen LogP contribution < -0.4 is 15.4 Å². The van der Waals surface area contributed by atoms with Crippen molar-refractivity contribution in [2.45, 2.75) is 19.9 Å². The number of ether oxygens (including phenoxy) is 1. The fourth-order valence-electron chi connectivity index (χ4n) is 2.35. The van der Waals surface area contributed by atoms with E-state index in [-0.39, 0.29) is 12.1 Å². The van der Waals surface area contributed by atoms with Gasteiger partial charge in [0.1, 0.15) is 5.75 Å². The smallest absolute Gasteiger partial charge is 0.320 e. The molecule has 0 spiro atoms. The lowest BCUT2D eigenvalue weighted by atomic mass is 10.1. The summed E-state index contributed by atoms with van der Waals surface area (Å²) in [6, 6.07) is 8.97. The summed E-state index contributed by atoms with van der Waals surface area (Å²) in [6.07, 6.45) is 0. The lowest BCUT2D eigenvalue weighted by Crippen LogP contribution is -2.38. The first kappa shape index (κ1) is 18.7. The van der Waals surface area contributed by atoms with Crippen LogP contribution in [0, 0.1) is 13.8 Å². The van der Waals surface area contributed by atoms with Gasteiger partial charge in [-0.2, -0.15) is 5.10 Å². The minimum atomic E-state index is -0.319. The number of carbonyl (C=O) groups is 1. The zero-order valence-electron chi connectivity index (χ0n) is 15.3. The number of carbonyl (C=O) groups excluding carboxylic acids is 1. The number of methoxy groups -OCH3 is 1. The van der Waals surface area contributed by atoms with Crippen LogP contribution in [0.4, 0.5) is 10.6 Å². The molecule has 2 amide bonds. The Morgan fingerprint density at radius 2 is 1.88 bits per heavy atom. The number of aromatic nitrogens is 2. The van der Waals surface area contributed by atoms with E-state index in [9.17, 15) is 4.79 Å². The summed E-state index contributed by atoms with van der Waals surface area (Å²) in [5.41, 5.74) is 2.82. The monoisotopic (exact) mass is 343 g/mol. The van der Waals surface area contributed by atoms with E-state index in [2.05, 4.69) is 20.8 Å². The molecule has 0 aliphatic carbocycles. The number of nitrogens with one attached hydrogen (secondary N) is 2. The summed E-state index contributed by atoms with van der Waals surface area (Å²) < 4.78 is 5.19. The average molecular weight is 343 g/mol. The van der Waals surface area contributed by atoms with Gasteiger partial charge in [-0.05, 0) is 57.3 Å². The van der Waals surface area contributed by atoms with Gasteiger partial charge in [-0.1, -0.05) is 12.1 Å². The maximum atomic E-state index is 12.4. The molecule has 2 aromatic rings. The number of rotatable bonds is 6. The number of anilines is 1. The van der Waals surface area contributed by atoms with E-state index in [4.69, 9.17) is 4.74 Å². The van der Waals surface area contributed by atoms with Crippen LogP contribution in [0.3, 0.4) is 0 Å². The molecule has 7 nitrogen and oxygen atoms in total. The minimum absolute atomic E-state index is 0.166. The molecule has 0 radical (unpaired) electrons. The van der Waals surface area contributed by atoms with Crippen LogP contribution in [0.25, 0.3) is 0 Å². The van der Waals surface area contributed by atoms with Crippen LogP contribution in [0.15, 0.2) is 30.3 Å². The Kier molecular flexibility index (Phi) is 6.30. The largest absolute Gasteiger partial charge is 0.497 e. The number of likely N-dealkylation sites (N-methyl/N-ethyl adjacent to an activating group) is 1. The molecule has 0 aliphatic rings. The Bertz CT molecular complexity index is 716. The van der Waals surface area contributed by atoms with Gasteiger partial charge in [-0.3, -0.25) is 5.32 Å². The van der Waals surface area contributed by atoms with Crippen molar-refractivity contribution in [2.75, 3.05) is 33.1 Å². The maximum Gasteiger partial charge on any atom is 0.320 e. The number of nitrogens with zero attached hydrogens (tertiary/aromatic N) is 3. The third kappa shape index (κ3) is 5.42. The second-order valence-corrected chi connectivity index (χ2v) is 6.18. The fourth-order valence-corrected chi connectivity index (χ4v) is 2.35. The molecule has 0 bridgehead atoms. The molecule has 0 unspecified atom stereocenters. The van der Waals surface area contributed by atoms with Crippen molar-refractivity contribution in [3.63, 3.8) is 0 Å². The van der Waals surface area contributed by atoms with E-state index >= 15 is 0 Å². The highest BCUT2D eigenvalue weighted by molar-refractivity contribution is 5.88. The summed E-state index contributed by atoms with van der Waals surface area (Å²) in [5.74, 6) is 1.21. The topological polar surface area (TPSA) is 79.4 Å². The molecule has 1 heterocycles. The molecule has 1 aromatic heterocycles. The first-order valence-corrected chi connectivity index (χ1v) is 8.06. The highest BCUT2D eigenvalue weighted by Gasteiger charge is 2.16. The van der Waals surface area contributed by atoms with Gasteiger partial charge in [-0.25, -0.2) is 4.79 Å². The normalized spacial score (nSPS) is 11.9. The maximum absolute atomic E-state index is 12.4. The number of amides is 2. The van der Waals surface area contributed by atoms with Crippen molar-refractivity contribution >= 4 is 11.8 Å². The van der Waals surface area contributed by atoms with Gasteiger partial charge in [0.2, 0.25) is 0 Å². The average Bonchev–Trinajstić information content (AvgIpc) is 2.57. The number of hydrogen-bond acceptors (Lipinski definition) is 5. The molecule has 1 atom stereocenters. The molecule has 134 valence electrons. The predicted molar refractivity (Wildman–Crippen MR) is 97.9 cm³/mol. The Labute approximate surface area is 148 Å². The Balaban J connectivity index is 2.09. The molecule has 2 N–H and O–H groups in total. The molecule has 0 saturated heterocycles. The first-order valence-electron chi connectivity index (χ1n) is 8.06. The van der Waals surface area contributed by atoms with Crippen molar-refractivity contribution in [1.29, 1.82) is 0 Å². The first-order chi connectivity index (χ1) is 11.9. The van der Waals surface area contributed by atoms with Crippen molar-refractivity contribution in [1.82, 2.24) is 20.4 Å². The molecule has 7 heteroatoms. The second-order valence-electron chi connectivity index (χ2n) is 6.18. The lowest BCUT2D eigenvalue weighted by Gasteiger charge is -2.23. The van der Waals surface area contributed by atoms with E-state index in [1.807, 2.05) is 57.1 Å². The van der Waals surface area contributed by atoms with Crippen molar-refractivity contribution in [3.8, 4) is 5.75 Å². The van der Waals surface area contributed by atoms with Gasteiger partial charge in [0.25, 0.3) is 0 Å². The predicted octanol–water partition coefficient (Wildman–Crippen LogP) is 2.53. The number of benzene rings is 1. The van der Waals surface area contributed by atoms with Gasteiger partial charge in [0, 0.05) is 6.54 Å². The fraction of sp³-hybridized carbons (Fsp3) is 0.389. The number of hydrogen-bond donors (Lipinski definition) is 2. The number of aryl methyl sites for hydroxylation is 2. The van der Waals surface area contributed by atoms with Crippen LogP contribution in [-0.2, 0) is 0 Å². The van der Waals surface area contributed by atoms with Crippen molar-refractivity contribution < 1.29 is 9.53 Å². The van der Waals surface area contributed by atoms with Gasteiger partial charge < -0.3 is 15.0 Å². The standard InChI is InChI=1S/C18H25N5O2/c1-12-10-17(22-21-13(12)2)20-18(24)19-16(11-23(3)4)14-6-8-15(25-5)9-7-14/h6-10,16H,11H2,1-5H3,(H2,19,20,22,24)/t16-/m0/s1. The zero-order chi connectivity index (χ0) is 18.4. The van der Waals surface area contributed by atoms with E-state index < -0.39 is 0 Å². The third-order valence-electron chi connectivity index (χ3n) is 3.84. The van der Waals surface area contributed by atoms with E-state index in [0.717, 1.165) is 22.6 Å². The van der Waals surface area contributed by atoms with E-state index in [1.165, 1.54) is 0 Å². The minimum Gasteiger partial charge on any atom is -0.497 e. The van der Waals surface area contributed by atoms with Crippen LogP contribution in [0.5, 0.6) is 5.75 Å². The Hall–Kier alpha value is -2.67. The van der Waals surface area contributed by atoms with Crippen LogP contribution >= 0.6 is 0 Å². The second kappa shape index (κ2) is 8.43.